The van der Waals surface area contributed by atoms with E-state index in [1.54, 1.807) is 16.2 Å². The summed E-state index contributed by atoms with van der Waals surface area (Å²) in [7, 11) is 0. The summed E-state index contributed by atoms with van der Waals surface area (Å²) in [6.45, 7) is 1.46. The number of carbonyl (C=O) groups is 1. The number of rotatable bonds is 3. The second-order valence-electron chi connectivity index (χ2n) is 2.93. The number of aliphatic hydroxyl groups excluding tert-OH is 1. The van der Waals surface area contributed by atoms with Crippen LogP contribution in [0.5, 0.6) is 0 Å². The van der Waals surface area contributed by atoms with E-state index in [4.69, 9.17) is 0 Å². The largest absolute Gasteiger partial charge is 0.384 e. The maximum Gasteiger partial charge on any atom is 0.159 e. The Morgan fingerprint density at radius 1 is 1.43 bits per heavy atom. The normalized spacial score (nSPS) is 13.8. The Balaban J connectivity index is 2.96. The molecule has 0 heterocycles. The lowest BCUT2D eigenvalue weighted by molar-refractivity contribution is -0.114. The Morgan fingerprint density at radius 2 is 2.00 bits per heavy atom. The van der Waals surface area contributed by atoms with Crippen LogP contribution in [0.2, 0.25) is 0 Å². The van der Waals surface area contributed by atoms with Crippen LogP contribution < -0.4 is 0 Å². The van der Waals surface area contributed by atoms with Gasteiger partial charge < -0.3 is 5.11 Å². The van der Waals surface area contributed by atoms with Crippen molar-refractivity contribution in [3.05, 3.63) is 45.6 Å². The van der Waals surface area contributed by atoms with Gasteiger partial charge in [-0.3, -0.25) is 4.79 Å². The third-order valence-electron chi connectivity index (χ3n) is 1.93. The van der Waals surface area contributed by atoms with Crippen molar-refractivity contribution in [2.45, 2.75) is 13.0 Å². The zero-order valence-electron chi connectivity index (χ0n) is 7.77. The molecule has 0 fully saturated rings. The van der Waals surface area contributed by atoms with Gasteiger partial charge in [-0.15, -0.1) is 0 Å². The van der Waals surface area contributed by atoms with Crippen LogP contribution in [0.15, 0.2) is 40.0 Å². The first-order valence-electron chi connectivity index (χ1n) is 4.21. The van der Waals surface area contributed by atoms with Gasteiger partial charge in [0, 0.05) is 5.57 Å². The highest BCUT2D eigenvalue weighted by molar-refractivity contribution is 14.1. The highest BCUT2D eigenvalue weighted by Gasteiger charge is 2.15. The Labute approximate surface area is 96.8 Å². The van der Waals surface area contributed by atoms with Gasteiger partial charge >= 0.3 is 0 Å². The Kier molecular flexibility index (Phi) is 4.28. The highest BCUT2D eigenvalue weighted by atomic mass is 127. The van der Waals surface area contributed by atoms with Crippen molar-refractivity contribution in [2.75, 3.05) is 0 Å². The second kappa shape index (κ2) is 5.26. The van der Waals surface area contributed by atoms with E-state index in [1.165, 1.54) is 6.92 Å². The molecule has 0 aromatic heterocycles. The van der Waals surface area contributed by atoms with Gasteiger partial charge in [0.05, 0.1) is 0 Å². The van der Waals surface area contributed by atoms with Gasteiger partial charge in [0.25, 0.3) is 0 Å². The van der Waals surface area contributed by atoms with E-state index in [0.29, 0.717) is 5.57 Å². The number of Topliss-reactive ketones (excluding diaryl/α,β-unsaturated/α-hetero) is 1. The first-order chi connectivity index (χ1) is 6.66. The smallest absolute Gasteiger partial charge is 0.159 e. The SMILES string of the molecule is CC(=O)C(=CI)C(O)c1ccccc1. The Bertz CT molecular complexity index is 344. The van der Waals surface area contributed by atoms with Crippen LogP contribution in [0.3, 0.4) is 0 Å². The lowest BCUT2D eigenvalue weighted by Crippen LogP contribution is -2.07. The number of ketones is 1. The minimum atomic E-state index is -0.814. The first-order valence-corrected chi connectivity index (χ1v) is 5.45. The summed E-state index contributed by atoms with van der Waals surface area (Å²) in [5, 5.41) is 9.86. The maximum atomic E-state index is 11.2. The summed E-state index contributed by atoms with van der Waals surface area (Å²) < 4.78 is 1.62. The van der Waals surface area contributed by atoms with E-state index in [9.17, 15) is 9.90 Å². The zero-order chi connectivity index (χ0) is 10.6. The molecular weight excluding hydrogens is 291 g/mol. The van der Waals surface area contributed by atoms with Crippen LogP contribution >= 0.6 is 22.6 Å². The van der Waals surface area contributed by atoms with Gasteiger partial charge in [-0.2, -0.15) is 0 Å². The van der Waals surface area contributed by atoms with Crippen molar-refractivity contribution < 1.29 is 9.90 Å². The van der Waals surface area contributed by atoms with E-state index in [1.807, 2.05) is 40.8 Å². The monoisotopic (exact) mass is 302 g/mol. The number of carbonyl (C=O) groups excluding carboxylic acids is 1. The molecule has 2 nitrogen and oxygen atoms in total. The van der Waals surface area contributed by atoms with Crippen LogP contribution in [0, 0.1) is 0 Å². The van der Waals surface area contributed by atoms with Crippen molar-refractivity contribution in [3.63, 3.8) is 0 Å². The van der Waals surface area contributed by atoms with Gasteiger partial charge in [0.2, 0.25) is 0 Å². The fourth-order valence-corrected chi connectivity index (χ4v) is 1.92. The Morgan fingerprint density at radius 3 is 2.43 bits per heavy atom. The van der Waals surface area contributed by atoms with E-state index in [-0.39, 0.29) is 5.78 Å². The molecule has 1 unspecified atom stereocenters. The molecule has 1 aromatic rings. The van der Waals surface area contributed by atoms with Crippen molar-refractivity contribution >= 4 is 28.4 Å². The van der Waals surface area contributed by atoms with E-state index in [0.717, 1.165) is 5.56 Å². The molecule has 1 N–H and O–H groups in total. The van der Waals surface area contributed by atoms with Crippen molar-refractivity contribution in [1.82, 2.24) is 0 Å². The number of hydrogen-bond donors (Lipinski definition) is 1. The molecule has 0 radical (unpaired) electrons. The zero-order valence-corrected chi connectivity index (χ0v) is 9.93. The Hall–Kier alpha value is -0.680. The average molecular weight is 302 g/mol. The summed E-state index contributed by atoms with van der Waals surface area (Å²) in [5.41, 5.74) is 1.17. The third-order valence-corrected chi connectivity index (χ3v) is 2.60. The number of halogens is 1. The van der Waals surface area contributed by atoms with E-state index >= 15 is 0 Å². The molecule has 0 amide bonds. The molecule has 0 saturated heterocycles. The fraction of sp³-hybridized carbons (Fsp3) is 0.182. The van der Waals surface area contributed by atoms with Gasteiger partial charge in [0.15, 0.2) is 5.78 Å². The lowest BCUT2D eigenvalue weighted by atomic mass is 10.0. The predicted octanol–water partition coefficient (Wildman–Crippen LogP) is 2.63. The molecule has 3 heteroatoms. The molecule has 0 aliphatic rings. The molecule has 0 saturated carbocycles. The summed E-state index contributed by atoms with van der Waals surface area (Å²) in [5.74, 6) is -0.101. The molecule has 0 aliphatic heterocycles. The molecule has 0 bridgehead atoms. The van der Waals surface area contributed by atoms with Crippen LogP contribution in [0.4, 0.5) is 0 Å². The standard InChI is InChI=1S/C11H11IO2/c1-8(13)10(7-12)11(14)9-5-3-2-4-6-9/h2-7,11,14H,1H3. The van der Waals surface area contributed by atoms with Crippen molar-refractivity contribution in [1.29, 1.82) is 0 Å². The maximum absolute atomic E-state index is 11.2. The van der Waals surface area contributed by atoms with Crippen LogP contribution in [0.25, 0.3) is 0 Å². The van der Waals surface area contributed by atoms with Crippen LogP contribution in [-0.4, -0.2) is 10.9 Å². The number of hydrogen-bond acceptors (Lipinski definition) is 2. The van der Waals surface area contributed by atoms with E-state index in [2.05, 4.69) is 0 Å². The minimum absolute atomic E-state index is 0.101. The van der Waals surface area contributed by atoms with E-state index < -0.39 is 6.10 Å². The summed E-state index contributed by atoms with van der Waals surface area (Å²) >= 11 is 1.96. The summed E-state index contributed by atoms with van der Waals surface area (Å²) in [4.78, 5) is 11.2. The second-order valence-corrected chi connectivity index (χ2v) is 3.56. The summed E-state index contributed by atoms with van der Waals surface area (Å²) in [6.07, 6.45) is -0.814. The fourth-order valence-electron chi connectivity index (χ4n) is 1.14. The molecule has 0 spiro atoms. The van der Waals surface area contributed by atoms with Crippen LogP contribution in [-0.2, 0) is 4.79 Å². The van der Waals surface area contributed by atoms with Crippen molar-refractivity contribution in [3.8, 4) is 0 Å². The molecule has 0 aliphatic carbocycles. The third kappa shape index (κ3) is 2.65. The van der Waals surface area contributed by atoms with Gasteiger partial charge in [0.1, 0.15) is 6.10 Å². The molecular formula is C11H11IO2. The van der Waals surface area contributed by atoms with Crippen LogP contribution in [0.1, 0.15) is 18.6 Å². The average Bonchev–Trinajstić information content (AvgIpc) is 2.19. The van der Waals surface area contributed by atoms with Gasteiger partial charge in [-0.25, -0.2) is 0 Å². The highest BCUT2D eigenvalue weighted by Crippen LogP contribution is 2.22. The predicted molar refractivity (Wildman–Crippen MR) is 64.2 cm³/mol. The summed E-state index contributed by atoms with van der Waals surface area (Å²) in [6, 6.07) is 9.14. The van der Waals surface area contributed by atoms with Crippen molar-refractivity contribution in [2.24, 2.45) is 0 Å². The number of benzene rings is 1. The van der Waals surface area contributed by atoms with Gasteiger partial charge in [-0.05, 0) is 16.6 Å². The van der Waals surface area contributed by atoms with Gasteiger partial charge in [-0.1, -0.05) is 52.9 Å². The molecule has 14 heavy (non-hydrogen) atoms. The topological polar surface area (TPSA) is 37.3 Å². The molecule has 1 atom stereocenters. The molecule has 1 rings (SSSR count). The minimum Gasteiger partial charge on any atom is -0.384 e. The quantitative estimate of drug-likeness (QED) is 0.688. The molecule has 1 aromatic carbocycles. The number of aliphatic hydroxyl groups is 1. The first kappa shape index (κ1) is 11.4. The lowest BCUT2D eigenvalue weighted by Gasteiger charge is -2.11. The molecule has 74 valence electrons.